The van der Waals surface area contributed by atoms with Crippen LogP contribution in [0.4, 0.5) is 10.1 Å². The van der Waals surface area contributed by atoms with Gasteiger partial charge in [0.05, 0.1) is 22.8 Å². The number of nitrogen functional groups attached to an aromatic ring is 1. The Morgan fingerprint density at radius 1 is 1.24 bits per heavy atom. The molecule has 1 amide bonds. The summed E-state index contributed by atoms with van der Waals surface area (Å²) in [5.74, 6) is -0.702. The van der Waals surface area contributed by atoms with Gasteiger partial charge in [-0.1, -0.05) is 29.8 Å². The molecule has 110 valence electrons. The Morgan fingerprint density at radius 3 is 2.71 bits per heavy atom. The van der Waals surface area contributed by atoms with Crippen LogP contribution in [-0.2, 0) is 0 Å². The number of nitrogens with two attached hydrogens (primary N) is 1. The Balaban J connectivity index is 1.87. The van der Waals surface area contributed by atoms with Crippen molar-refractivity contribution in [3.05, 3.63) is 58.9 Å². The van der Waals surface area contributed by atoms with E-state index < -0.39 is 11.7 Å². The minimum atomic E-state index is -0.659. The predicted molar refractivity (Wildman–Crippen MR) is 80.1 cm³/mol. The first-order chi connectivity index (χ1) is 10.1. The first-order valence-electron chi connectivity index (χ1n) is 6.29. The number of amides is 1. The van der Waals surface area contributed by atoms with Crippen LogP contribution in [0.15, 0.2) is 42.5 Å². The molecule has 3 N–H and O–H groups in total. The number of carbonyl (C=O) groups excluding carboxylic acids is 1. The predicted octanol–water partition coefficient (Wildman–Crippen LogP) is 2.87. The standard InChI is InChI=1S/C15H14ClFN2O2/c16-10-4-3-5-11(17)14(10)15(20)19-8-9-21-13-7-2-1-6-12(13)18/h1-7H,8-9,18H2,(H,19,20). The Hall–Kier alpha value is -2.27. The molecule has 0 aromatic heterocycles. The van der Waals surface area contributed by atoms with Gasteiger partial charge in [0.1, 0.15) is 18.2 Å². The highest BCUT2D eigenvalue weighted by atomic mass is 35.5. The van der Waals surface area contributed by atoms with Gasteiger partial charge in [-0.05, 0) is 24.3 Å². The fraction of sp³-hybridized carbons (Fsp3) is 0.133. The normalized spacial score (nSPS) is 10.2. The van der Waals surface area contributed by atoms with Gasteiger partial charge in [0, 0.05) is 0 Å². The van der Waals surface area contributed by atoms with E-state index >= 15 is 0 Å². The van der Waals surface area contributed by atoms with Gasteiger partial charge >= 0.3 is 0 Å². The molecule has 0 saturated heterocycles. The molecular weight excluding hydrogens is 295 g/mol. The van der Waals surface area contributed by atoms with Crippen molar-refractivity contribution in [2.24, 2.45) is 0 Å². The topological polar surface area (TPSA) is 64.3 Å². The summed E-state index contributed by atoms with van der Waals surface area (Å²) in [5.41, 5.74) is 6.06. The van der Waals surface area contributed by atoms with Gasteiger partial charge in [0.2, 0.25) is 0 Å². The van der Waals surface area contributed by atoms with Crippen molar-refractivity contribution in [1.82, 2.24) is 5.32 Å². The van der Waals surface area contributed by atoms with E-state index in [0.29, 0.717) is 11.4 Å². The molecule has 0 atom stereocenters. The van der Waals surface area contributed by atoms with Crippen LogP contribution in [0.25, 0.3) is 0 Å². The molecule has 0 aliphatic carbocycles. The summed E-state index contributed by atoms with van der Waals surface area (Å²) in [6.07, 6.45) is 0. The maximum atomic E-state index is 13.5. The van der Waals surface area contributed by atoms with E-state index in [-0.39, 0.29) is 23.7 Å². The molecule has 0 fully saturated rings. The smallest absolute Gasteiger partial charge is 0.255 e. The molecule has 0 radical (unpaired) electrons. The van der Waals surface area contributed by atoms with Crippen LogP contribution in [0, 0.1) is 5.82 Å². The second-order valence-electron chi connectivity index (χ2n) is 4.24. The number of nitrogens with one attached hydrogen (secondary N) is 1. The van der Waals surface area contributed by atoms with Gasteiger partial charge in [0.15, 0.2) is 0 Å². The number of halogens is 2. The van der Waals surface area contributed by atoms with Crippen molar-refractivity contribution in [3.8, 4) is 5.75 Å². The van der Waals surface area contributed by atoms with Gasteiger partial charge in [-0.15, -0.1) is 0 Å². The first-order valence-corrected chi connectivity index (χ1v) is 6.67. The maximum absolute atomic E-state index is 13.5. The molecule has 0 heterocycles. The summed E-state index contributed by atoms with van der Waals surface area (Å²) in [7, 11) is 0. The molecule has 0 bridgehead atoms. The fourth-order valence-electron chi connectivity index (χ4n) is 1.74. The van der Waals surface area contributed by atoms with Gasteiger partial charge in [-0.25, -0.2) is 4.39 Å². The summed E-state index contributed by atoms with van der Waals surface area (Å²) >= 11 is 5.81. The zero-order valence-corrected chi connectivity index (χ0v) is 11.9. The van der Waals surface area contributed by atoms with E-state index in [4.69, 9.17) is 22.1 Å². The number of anilines is 1. The minimum Gasteiger partial charge on any atom is -0.490 e. The van der Waals surface area contributed by atoms with E-state index in [1.54, 1.807) is 24.3 Å². The number of hydrogen-bond donors (Lipinski definition) is 2. The number of rotatable bonds is 5. The molecule has 2 aromatic carbocycles. The quantitative estimate of drug-likeness (QED) is 0.659. The van der Waals surface area contributed by atoms with Crippen molar-refractivity contribution < 1.29 is 13.9 Å². The van der Waals surface area contributed by atoms with Crippen molar-refractivity contribution >= 4 is 23.2 Å². The van der Waals surface area contributed by atoms with E-state index in [2.05, 4.69) is 5.32 Å². The van der Waals surface area contributed by atoms with Crippen LogP contribution in [-0.4, -0.2) is 19.1 Å². The zero-order chi connectivity index (χ0) is 15.2. The Bertz CT molecular complexity index is 629. The van der Waals surface area contributed by atoms with Crippen LogP contribution in [0.5, 0.6) is 5.75 Å². The summed E-state index contributed by atoms with van der Waals surface area (Å²) in [6, 6.07) is 11.1. The summed E-state index contributed by atoms with van der Waals surface area (Å²) in [6.45, 7) is 0.420. The third-order valence-electron chi connectivity index (χ3n) is 2.75. The number of para-hydroxylation sites is 2. The summed E-state index contributed by atoms with van der Waals surface area (Å²) in [5, 5.41) is 2.61. The van der Waals surface area contributed by atoms with Crippen molar-refractivity contribution in [3.63, 3.8) is 0 Å². The fourth-order valence-corrected chi connectivity index (χ4v) is 1.99. The van der Waals surface area contributed by atoms with Crippen LogP contribution in [0.1, 0.15) is 10.4 Å². The van der Waals surface area contributed by atoms with E-state index in [1.807, 2.05) is 0 Å². The average molecular weight is 309 g/mol. The lowest BCUT2D eigenvalue weighted by atomic mass is 10.2. The number of ether oxygens (including phenoxy) is 1. The largest absolute Gasteiger partial charge is 0.490 e. The average Bonchev–Trinajstić information content (AvgIpc) is 2.45. The third kappa shape index (κ3) is 3.86. The van der Waals surface area contributed by atoms with Crippen LogP contribution < -0.4 is 15.8 Å². The van der Waals surface area contributed by atoms with Gasteiger partial charge in [0.25, 0.3) is 5.91 Å². The van der Waals surface area contributed by atoms with Crippen LogP contribution >= 0.6 is 11.6 Å². The molecule has 0 spiro atoms. The Morgan fingerprint density at radius 2 is 2.00 bits per heavy atom. The SMILES string of the molecule is Nc1ccccc1OCCNC(=O)c1c(F)cccc1Cl. The monoisotopic (exact) mass is 308 g/mol. The number of hydrogen-bond acceptors (Lipinski definition) is 3. The van der Waals surface area contributed by atoms with Crippen LogP contribution in [0.3, 0.4) is 0 Å². The van der Waals surface area contributed by atoms with Crippen LogP contribution in [0.2, 0.25) is 5.02 Å². The lowest BCUT2D eigenvalue weighted by Crippen LogP contribution is -2.29. The van der Waals surface area contributed by atoms with Crippen molar-refractivity contribution in [2.45, 2.75) is 0 Å². The van der Waals surface area contributed by atoms with Gasteiger partial charge in [-0.2, -0.15) is 0 Å². The molecule has 0 unspecified atom stereocenters. The molecule has 0 aliphatic heterocycles. The second kappa shape index (κ2) is 6.95. The highest BCUT2D eigenvalue weighted by Gasteiger charge is 2.14. The summed E-state index contributed by atoms with van der Waals surface area (Å²) < 4.78 is 19.0. The van der Waals surface area contributed by atoms with E-state index in [1.165, 1.54) is 18.2 Å². The Labute approximate surface area is 126 Å². The van der Waals surface area contributed by atoms with E-state index in [9.17, 15) is 9.18 Å². The second-order valence-corrected chi connectivity index (χ2v) is 4.65. The molecule has 0 aliphatic rings. The highest BCUT2D eigenvalue weighted by Crippen LogP contribution is 2.20. The molecule has 6 heteroatoms. The lowest BCUT2D eigenvalue weighted by Gasteiger charge is -2.10. The Kier molecular flexibility index (Phi) is 5.00. The zero-order valence-electron chi connectivity index (χ0n) is 11.1. The maximum Gasteiger partial charge on any atom is 0.255 e. The van der Waals surface area contributed by atoms with E-state index in [0.717, 1.165) is 0 Å². The molecule has 21 heavy (non-hydrogen) atoms. The third-order valence-corrected chi connectivity index (χ3v) is 3.07. The minimum absolute atomic E-state index is 0.0701. The van der Waals surface area contributed by atoms with Crippen molar-refractivity contribution in [2.75, 3.05) is 18.9 Å². The molecule has 2 rings (SSSR count). The molecule has 2 aromatic rings. The molecule has 4 nitrogen and oxygen atoms in total. The molecular formula is C15H14ClFN2O2. The molecule has 0 saturated carbocycles. The number of carbonyl (C=O) groups is 1. The van der Waals surface area contributed by atoms with Gasteiger partial charge < -0.3 is 15.8 Å². The highest BCUT2D eigenvalue weighted by molar-refractivity contribution is 6.33. The van der Waals surface area contributed by atoms with Crippen molar-refractivity contribution in [1.29, 1.82) is 0 Å². The number of benzene rings is 2. The summed E-state index contributed by atoms with van der Waals surface area (Å²) in [4.78, 5) is 11.8. The first kappa shape index (κ1) is 15.1. The van der Waals surface area contributed by atoms with Gasteiger partial charge in [-0.3, -0.25) is 4.79 Å². The lowest BCUT2D eigenvalue weighted by molar-refractivity contribution is 0.0943.